The maximum atomic E-state index is 11.3. The van der Waals surface area contributed by atoms with Crippen LogP contribution >= 0.6 is 0 Å². The van der Waals surface area contributed by atoms with E-state index in [1.165, 1.54) is 7.11 Å². The molecule has 0 spiro atoms. The highest BCUT2D eigenvalue weighted by Crippen LogP contribution is 2.17. The van der Waals surface area contributed by atoms with Gasteiger partial charge in [0, 0.05) is 13.2 Å². The number of carbonyl (C=O) groups excluding carboxylic acids is 1. The van der Waals surface area contributed by atoms with E-state index in [0.717, 1.165) is 12.8 Å². The largest absolute Gasteiger partial charge is 0.394 e. The van der Waals surface area contributed by atoms with Crippen molar-refractivity contribution in [3.05, 3.63) is 0 Å². The van der Waals surface area contributed by atoms with Gasteiger partial charge in [-0.3, -0.25) is 4.79 Å². The Morgan fingerprint density at radius 2 is 2.36 bits per heavy atom. The summed E-state index contributed by atoms with van der Waals surface area (Å²) in [6.07, 6.45) is 2.32. The van der Waals surface area contributed by atoms with Gasteiger partial charge in [-0.05, 0) is 12.8 Å². The number of methoxy groups -OCH3 is 1. The molecule has 5 heteroatoms. The van der Waals surface area contributed by atoms with E-state index in [2.05, 4.69) is 10.6 Å². The van der Waals surface area contributed by atoms with Crippen molar-refractivity contribution in [3.63, 3.8) is 0 Å². The van der Waals surface area contributed by atoms with Gasteiger partial charge in [0.05, 0.1) is 25.8 Å². The summed E-state index contributed by atoms with van der Waals surface area (Å²) >= 11 is 0. The molecule has 1 aliphatic carbocycles. The Kier molecular flexibility index (Phi) is 4.86. The average Bonchev–Trinajstić information content (AvgIpc) is 2.97. The number of rotatable bonds is 7. The van der Waals surface area contributed by atoms with Crippen LogP contribution in [0.5, 0.6) is 0 Å². The van der Waals surface area contributed by atoms with Gasteiger partial charge in [-0.1, -0.05) is 0 Å². The smallest absolute Gasteiger partial charge is 0.234 e. The van der Waals surface area contributed by atoms with Crippen molar-refractivity contribution in [1.82, 2.24) is 10.6 Å². The molecule has 3 N–H and O–H groups in total. The number of aliphatic hydroxyl groups is 1. The van der Waals surface area contributed by atoms with Crippen LogP contribution in [-0.4, -0.2) is 50.0 Å². The van der Waals surface area contributed by atoms with E-state index in [9.17, 15) is 4.79 Å². The normalized spacial score (nSPS) is 17.9. The molecule has 0 bridgehead atoms. The molecular formula is C9H18N2O3. The van der Waals surface area contributed by atoms with Crippen molar-refractivity contribution in [2.75, 3.05) is 26.9 Å². The van der Waals surface area contributed by atoms with Gasteiger partial charge in [0.25, 0.3) is 0 Å². The highest BCUT2D eigenvalue weighted by molar-refractivity contribution is 5.78. The summed E-state index contributed by atoms with van der Waals surface area (Å²) < 4.78 is 4.84. The fraction of sp³-hybridized carbons (Fsp3) is 0.889. The number of ether oxygens (including phenoxy) is 1. The quantitative estimate of drug-likeness (QED) is 0.488. The van der Waals surface area contributed by atoms with Gasteiger partial charge in [-0.15, -0.1) is 0 Å². The van der Waals surface area contributed by atoms with Crippen LogP contribution in [0.25, 0.3) is 0 Å². The third-order valence-corrected chi connectivity index (χ3v) is 2.08. The molecule has 0 saturated heterocycles. The van der Waals surface area contributed by atoms with Crippen LogP contribution in [0.1, 0.15) is 12.8 Å². The molecular weight excluding hydrogens is 184 g/mol. The van der Waals surface area contributed by atoms with Gasteiger partial charge in [0.15, 0.2) is 0 Å². The molecule has 1 rings (SSSR count). The lowest BCUT2D eigenvalue weighted by Crippen LogP contribution is -2.44. The number of hydrogen-bond acceptors (Lipinski definition) is 4. The molecule has 0 aromatic heterocycles. The first-order valence-electron chi connectivity index (χ1n) is 4.88. The molecule has 82 valence electrons. The zero-order valence-electron chi connectivity index (χ0n) is 8.45. The molecule has 1 saturated carbocycles. The molecule has 14 heavy (non-hydrogen) atoms. The predicted octanol–water partition coefficient (Wildman–Crippen LogP) is -1.14. The topological polar surface area (TPSA) is 70.6 Å². The van der Waals surface area contributed by atoms with E-state index in [1.54, 1.807) is 0 Å². The molecule has 0 radical (unpaired) electrons. The first kappa shape index (κ1) is 11.4. The van der Waals surface area contributed by atoms with Crippen LogP contribution < -0.4 is 10.6 Å². The van der Waals surface area contributed by atoms with Crippen LogP contribution in [0.2, 0.25) is 0 Å². The van der Waals surface area contributed by atoms with Crippen molar-refractivity contribution in [2.24, 2.45) is 0 Å². The summed E-state index contributed by atoms with van der Waals surface area (Å²) in [5.74, 6) is -0.0898. The van der Waals surface area contributed by atoms with E-state index in [0.29, 0.717) is 19.2 Å². The minimum absolute atomic E-state index is 0.0898. The third kappa shape index (κ3) is 4.55. The van der Waals surface area contributed by atoms with Gasteiger partial charge in [0.1, 0.15) is 0 Å². The van der Waals surface area contributed by atoms with Crippen molar-refractivity contribution in [2.45, 2.75) is 24.9 Å². The van der Waals surface area contributed by atoms with E-state index >= 15 is 0 Å². The molecule has 0 aromatic rings. The highest BCUT2D eigenvalue weighted by Gasteiger charge is 2.21. The van der Waals surface area contributed by atoms with Crippen LogP contribution in [0.15, 0.2) is 0 Å². The molecule has 0 heterocycles. The van der Waals surface area contributed by atoms with Crippen LogP contribution in [0.3, 0.4) is 0 Å². The molecule has 0 aliphatic heterocycles. The summed E-state index contributed by atoms with van der Waals surface area (Å²) in [6.45, 7) is 0.569. The van der Waals surface area contributed by atoms with Crippen molar-refractivity contribution >= 4 is 5.91 Å². The zero-order valence-corrected chi connectivity index (χ0v) is 8.45. The lowest BCUT2D eigenvalue weighted by atomic mass is 10.3. The van der Waals surface area contributed by atoms with Crippen LogP contribution in [-0.2, 0) is 9.53 Å². The van der Waals surface area contributed by atoms with Gasteiger partial charge in [-0.25, -0.2) is 0 Å². The summed E-state index contributed by atoms with van der Waals surface area (Å²) in [7, 11) is 1.54. The monoisotopic (exact) mass is 202 g/mol. The molecule has 1 atom stereocenters. The first-order chi connectivity index (χ1) is 6.76. The van der Waals surface area contributed by atoms with Gasteiger partial charge < -0.3 is 20.5 Å². The predicted molar refractivity (Wildman–Crippen MR) is 51.9 cm³/mol. The standard InChI is InChI=1S/C9H18N2O3/c1-14-6-8(5-12)11-9(13)4-10-7-2-3-7/h7-8,10,12H,2-6H2,1H3,(H,11,13). The van der Waals surface area contributed by atoms with Crippen molar-refractivity contribution in [3.8, 4) is 0 Å². The maximum absolute atomic E-state index is 11.3. The van der Waals surface area contributed by atoms with Crippen LogP contribution in [0.4, 0.5) is 0 Å². The lowest BCUT2D eigenvalue weighted by Gasteiger charge is -2.15. The average molecular weight is 202 g/mol. The summed E-state index contributed by atoms with van der Waals surface area (Å²) in [6, 6.07) is 0.226. The van der Waals surface area contributed by atoms with E-state index in [4.69, 9.17) is 9.84 Å². The Hall–Kier alpha value is -0.650. The number of hydrogen-bond donors (Lipinski definition) is 3. The molecule has 1 fully saturated rings. The number of aliphatic hydroxyl groups excluding tert-OH is 1. The molecule has 5 nitrogen and oxygen atoms in total. The van der Waals surface area contributed by atoms with E-state index in [-0.39, 0.29) is 18.6 Å². The molecule has 1 aliphatic rings. The van der Waals surface area contributed by atoms with Crippen molar-refractivity contribution < 1.29 is 14.6 Å². The Labute approximate surface area is 83.8 Å². The number of amides is 1. The fourth-order valence-corrected chi connectivity index (χ4v) is 1.14. The number of carbonyl (C=O) groups is 1. The number of nitrogens with one attached hydrogen (secondary N) is 2. The van der Waals surface area contributed by atoms with Gasteiger partial charge in [0.2, 0.25) is 5.91 Å². The second kappa shape index (κ2) is 5.95. The fourth-order valence-electron chi connectivity index (χ4n) is 1.14. The maximum Gasteiger partial charge on any atom is 0.234 e. The zero-order chi connectivity index (χ0) is 10.4. The molecule has 1 amide bonds. The van der Waals surface area contributed by atoms with Gasteiger partial charge >= 0.3 is 0 Å². The minimum Gasteiger partial charge on any atom is -0.394 e. The Bertz CT molecular complexity index is 183. The molecule has 0 aromatic carbocycles. The van der Waals surface area contributed by atoms with Gasteiger partial charge in [-0.2, -0.15) is 0 Å². The van der Waals surface area contributed by atoms with Crippen LogP contribution in [0, 0.1) is 0 Å². The lowest BCUT2D eigenvalue weighted by molar-refractivity contribution is -0.121. The third-order valence-electron chi connectivity index (χ3n) is 2.08. The van der Waals surface area contributed by atoms with E-state index in [1.807, 2.05) is 0 Å². The Morgan fingerprint density at radius 3 is 2.86 bits per heavy atom. The Balaban J connectivity index is 2.09. The first-order valence-corrected chi connectivity index (χ1v) is 4.88. The second-order valence-electron chi connectivity index (χ2n) is 3.56. The Morgan fingerprint density at radius 1 is 1.64 bits per heavy atom. The highest BCUT2D eigenvalue weighted by atomic mass is 16.5. The summed E-state index contributed by atoms with van der Waals surface area (Å²) in [5, 5.41) is 14.6. The molecule has 1 unspecified atom stereocenters. The summed E-state index contributed by atoms with van der Waals surface area (Å²) in [4.78, 5) is 11.3. The summed E-state index contributed by atoms with van der Waals surface area (Å²) in [5.41, 5.74) is 0. The van der Waals surface area contributed by atoms with Crippen molar-refractivity contribution in [1.29, 1.82) is 0 Å². The van der Waals surface area contributed by atoms with E-state index < -0.39 is 0 Å². The second-order valence-corrected chi connectivity index (χ2v) is 3.56. The SMILES string of the molecule is COCC(CO)NC(=O)CNC1CC1. The minimum atomic E-state index is -0.298.